The molecule has 2 aromatic carbocycles. The molecule has 0 bridgehead atoms. The van der Waals surface area contributed by atoms with E-state index >= 15 is 0 Å². The molecule has 0 saturated heterocycles. The Kier molecular flexibility index (Phi) is 8.25. The van der Waals surface area contributed by atoms with Crippen molar-refractivity contribution < 1.29 is 4.79 Å². The Morgan fingerprint density at radius 1 is 1.04 bits per heavy atom. The molecular weight excluding hydrogens is 346 g/mol. The zero-order chi connectivity index (χ0) is 18.6. The number of nitriles is 1. The molecule has 2 N–H and O–H groups in total. The maximum atomic E-state index is 12.1. The summed E-state index contributed by atoms with van der Waals surface area (Å²) in [5.74, 6) is -0.390. The van der Waals surface area contributed by atoms with Crippen molar-refractivity contribution in [1.82, 2.24) is 10.6 Å². The number of rotatable bonds is 9. The second-order valence-electron chi connectivity index (χ2n) is 5.88. The Bertz CT molecular complexity index is 764. The van der Waals surface area contributed by atoms with E-state index in [1.54, 1.807) is 12.1 Å². The molecule has 0 aliphatic carbocycles. The Labute approximate surface area is 159 Å². The van der Waals surface area contributed by atoms with Crippen LogP contribution in [-0.4, -0.2) is 12.5 Å². The number of hydrogen-bond acceptors (Lipinski definition) is 3. The van der Waals surface area contributed by atoms with Gasteiger partial charge in [-0.25, -0.2) is 0 Å². The molecule has 0 unspecified atom stereocenters. The lowest BCUT2D eigenvalue weighted by atomic mass is 10.1. The molecule has 0 atom stereocenters. The van der Waals surface area contributed by atoms with Crippen molar-refractivity contribution in [2.24, 2.45) is 0 Å². The van der Waals surface area contributed by atoms with Crippen LogP contribution in [0.15, 0.2) is 66.4 Å². The molecule has 0 saturated carbocycles. The number of hydrogen-bond donors (Lipinski definition) is 2. The molecule has 5 heteroatoms. The molecule has 2 aromatic rings. The number of unbranched alkanes of at least 4 members (excludes halogenated alkanes) is 1. The Morgan fingerprint density at radius 2 is 1.77 bits per heavy atom. The van der Waals surface area contributed by atoms with Crippen molar-refractivity contribution in [2.45, 2.75) is 25.8 Å². The molecule has 0 radical (unpaired) electrons. The van der Waals surface area contributed by atoms with Gasteiger partial charge in [-0.05, 0) is 42.5 Å². The molecule has 0 aliphatic heterocycles. The lowest BCUT2D eigenvalue weighted by Crippen LogP contribution is -2.25. The molecule has 0 fully saturated rings. The fraction of sp³-hybridized carbons (Fsp3) is 0.238. The van der Waals surface area contributed by atoms with Crippen molar-refractivity contribution in [3.63, 3.8) is 0 Å². The van der Waals surface area contributed by atoms with Crippen molar-refractivity contribution in [3.05, 3.63) is 82.5 Å². The first kappa shape index (κ1) is 19.6. The summed E-state index contributed by atoms with van der Waals surface area (Å²) in [6.07, 6.45) is 4.53. The quantitative estimate of drug-likeness (QED) is 0.400. The van der Waals surface area contributed by atoms with E-state index in [0.717, 1.165) is 31.4 Å². The molecule has 2 rings (SSSR count). The van der Waals surface area contributed by atoms with E-state index in [2.05, 4.69) is 22.8 Å². The second-order valence-corrected chi connectivity index (χ2v) is 6.31. The smallest absolute Gasteiger partial charge is 0.263 e. The summed E-state index contributed by atoms with van der Waals surface area (Å²) >= 11 is 5.83. The van der Waals surface area contributed by atoms with Crippen LogP contribution in [-0.2, 0) is 17.8 Å². The fourth-order valence-corrected chi connectivity index (χ4v) is 2.53. The average Bonchev–Trinajstić information content (AvgIpc) is 2.67. The summed E-state index contributed by atoms with van der Waals surface area (Å²) in [6, 6.07) is 19.5. The van der Waals surface area contributed by atoms with Gasteiger partial charge >= 0.3 is 0 Å². The van der Waals surface area contributed by atoms with E-state index in [1.807, 2.05) is 36.4 Å². The van der Waals surface area contributed by atoms with E-state index in [9.17, 15) is 4.79 Å². The minimum atomic E-state index is -0.390. The predicted molar refractivity (Wildman–Crippen MR) is 104 cm³/mol. The van der Waals surface area contributed by atoms with E-state index in [-0.39, 0.29) is 11.5 Å². The van der Waals surface area contributed by atoms with Crippen LogP contribution in [0.2, 0.25) is 5.02 Å². The summed E-state index contributed by atoms with van der Waals surface area (Å²) in [5.41, 5.74) is 2.32. The first-order valence-corrected chi connectivity index (χ1v) is 8.97. The summed E-state index contributed by atoms with van der Waals surface area (Å²) < 4.78 is 0. The van der Waals surface area contributed by atoms with Crippen LogP contribution in [0.3, 0.4) is 0 Å². The third-order valence-electron chi connectivity index (χ3n) is 3.86. The minimum Gasteiger partial charge on any atom is -0.390 e. The molecule has 134 valence electrons. The zero-order valence-electron chi connectivity index (χ0n) is 14.5. The number of halogens is 1. The van der Waals surface area contributed by atoms with E-state index in [1.165, 1.54) is 11.8 Å². The molecule has 0 aromatic heterocycles. The van der Waals surface area contributed by atoms with Gasteiger partial charge in [0.25, 0.3) is 5.91 Å². The largest absolute Gasteiger partial charge is 0.390 e. The number of nitrogens with zero attached hydrogens (tertiary/aromatic N) is 1. The van der Waals surface area contributed by atoms with Crippen molar-refractivity contribution in [2.75, 3.05) is 6.54 Å². The Hall–Kier alpha value is -2.77. The highest BCUT2D eigenvalue weighted by Gasteiger charge is 2.08. The maximum Gasteiger partial charge on any atom is 0.263 e. The van der Waals surface area contributed by atoms with Crippen molar-refractivity contribution >= 4 is 17.5 Å². The van der Waals surface area contributed by atoms with Crippen LogP contribution in [0.5, 0.6) is 0 Å². The number of aryl methyl sites for hydroxylation is 1. The van der Waals surface area contributed by atoms with Gasteiger partial charge in [0.2, 0.25) is 0 Å². The SMILES string of the molecule is N#C/C(=C/NCCCCc1ccccc1)C(=O)NCc1ccc(Cl)cc1. The van der Waals surface area contributed by atoms with Gasteiger partial charge in [0, 0.05) is 24.3 Å². The molecule has 0 aliphatic rings. The van der Waals surface area contributed by atoms with Gasteiger partial charge in [0.1, 0.15) is 11.6 Å². The second kappa shape index (κ2) is 11.0. The maximum absolute atomic E-state index is 12.1. The zero-order valence-corrected chi connectivity index (χ0v) is 15.3. The van der Waals surface area contributed by atoms with Gasteiger partial charge in [-0.3, -0.25) is 4.79 Å². The highest BCUT2D eigenvalue weighted by atomic mass is 35.5. The molecule has 0 heterocycles. The lowest BCUT2D eigenvalue weighted by molar-refractivity contribution is -0.117. The van der Waals surface area contributed by atoms with Crippen LogP contribution in [0, 0.1) is 11.3 Å². The first-order valence-electron chi connectivity index (χ1n) is 8.59. The van der Waals surface area contributed by atoms with E-state index < -0.39 is 0 Å². The van der Waals surface area contributed by atoms with Gasteiger partial charge in [0.15, 0.2) is 0 Å². The monoisotopic (exact) mass is 367 g/mol. The molecular formula is C21H22ClN3O. The molecule has 26 heavy (non-hydrogen) atoms. The van der Waals surface area contributed by atoms with Crippen LogP contribution >= 0.6 is 11.6 Å². The molecule has 4 nitrogen and oxygen atoms in total. The Morgan fingerprint density at radius 3 is 2.46 bits per heavy atom. The standard InChI is InChI=1S/C21H22ClN3O/c22-20-11-9-18(10-12-20)15-25-21(26)19(14-23)16-24-13-5-4-8-17-6-2-1-3-7-17/h1-3,6-7,9-12,16,24H,4-5,8,13,15H2,(H,25,26)/b19-16-. The number of benzene rings is 2. The summed E-state index contributed by atoms with van der Waals surface area (Å²) in [4.78, 5) is 12.1. The van der Waals surface area contributed by atoms with Gasteiger partial charge in [-0.1, -0.05) is 54.1 Å². The van der Waals surface area contributed by atoms with Crippen molar-refractivity contribution in [1.29, 1.82) is 5.26 Å². The summed E-state index contributed by atoms with van der Waals surface area (Å²) in [6.45, 7) is 1.08. The molecule has 0 spiro atoms. The summed E-state index contributed by atoms with van der Waals surface area (Å²) in [7, 11) is 0. The Balaban J connectivity index is 1.68. The normalized spacial score (nSPS) is 10.8. The van der Waals surface area contributed by atoms with Crippen LogP contribution < -0.4 is 10.6 Å². The number of carbonyl (C=O) groups excluding carboxylic acids is 1. The van der Waals surface area contributed by atoms with Crippen LogP contribution in [0.1, 0.15) is 24.0 Å². The van der Waals surface area contributed by atoms with Crippen LogP contribution in [0.4, 0.5) is 0 Å². The highest BCUT2D eigenvalue weighted by Crippen LogP contribution is 2.09. The number of carbonyl (C=O) groups is 1. The topological polar surface area (TPSA) is 64.9 Å². The van der Waals surface area contributed by atoms with Gasteiger partial charge < -0.3 is 10.6 Å². The fourth-order valence-electron chi connectivity index (χ4n) is 2.40. The summed E-state index contributed by atoms with van der Waals surface area (Å²) in [5, 5.41) is 15.6. The predicted octanol–water partition coefficient (Wildman–Crippen LogP) is 3.98. The highest BCUT2D eigenvalue weighted by molar-refractivity contribution is 6.30. The molecule has 1 amide bonds. The minimum absolute atomic E-state index is 0.0713. The third kappa shape index (κ3) is 7.00. The van der Waals surface area contributed by atoms with Crippen molar-refractivity contribution in [3.8, 4) is 6.07 Å². The van der Waals surface area contributed by atoms with Gasteiger partial charge in [0.05, 0.1) is 0 Å². The van der Waals surface area contributed by atoms with Gasteiger partial charge in [-0.15, -0.1) is 0 Å². The first-order chi connectivity index (χ1) is 12.7. The van der Waals surface area contributed by atoms with E-state index in [0.29, 0.717) is 11.6 Å². The number of nitrogens with one attached hydrogen (secondary N) is 2. The average molecular weight is 368 g/mol. The van der Waals surface area contributed by atoms with Gasteiger partial charge in [-0.2, -0.15) is 5.26 Å². The van der Waals surface area contributed by atoms with Crippen LogP contribution in [0.25, 0.3) is 0 Å². The number of amides is 1. The third-order valence-corrected chi connectivity index (χ3v) is 4.11. The van der Waals surface area contributed by atoms with E-state index in [4.69, 9.17) is 16.9 Å². The lowest BCUT2D eigenvalue weighted by Gasteiger charge is -2.06.